The van der Waals surface area contributed by atoms with E-state index in [1.807, 2.05) is 0 Å². The molecule has 6 heteroatoms. The van der Waals surface area contributed by atoms with E-state index in [-0.39, 0.29) is 29.3 Å². The van der Waals surface area contributed by atoms with Crippen molar-refractivity contribution in [1.29, 1.82) is 0 Å². The van der Waals surface area contributed by atoms with Gasteiger partial charge >= 0.3 is 5.97 Å². The van der Waals surface area contributed by atoms with Gasteiger partial charge in [0.2, 0.25) is 5.91 Å². The first-order valence-electron chi connectivity index (χ1n) is 8.30. The van der Waals surface area contributed by atoms with Crippen LogP contribution in [-0.2, 0) is 14.3 Å². The Hall–Kier alpha value is -1.90. The maximum atomic E-state index is 12.2. The quantitative estimate of drug-likeness (QED) is 0.577. The summed E-state index contributed by atoms with van der Waals surface area (Å²) < 4.78 is 4.88. The van der Waals surface area contributed by atoms with Crippen molar-refractivity contribution < 1.29 is 14.3 Å². The molecule has 3 aliphatic rings. The van der Waals surface area contributed by atoms with Gasteiger partial charge in [0.1, 0.15) is 0 Å². The van der Waals surface area contributed by atoms with Crippen LogP contribution < -0.4 is 5.32 Å². The van der Waals surface area contributed by atoms with Gasteiger partial charge < -0.3 is 10.1 Å². The minimum absolute atomic E-state index is 0.0157. The lowest BCUT2D eigenvalue weighted by Gasteiger charge is -2.60. The molecule has 1 aliphatic heterocycles. The fourth-order valence-electron chi connectivity index (χ4n) is 3.99. The number of terminal acetylenes is 1. The first-order chi connectivity index (χ1) is 11.1. The fraction of sp³-hybridized carbons (Fsp3) is 0.765. The van der Waals surface area contributed by atoms with Crippen LogP contribution in [0.5, 0.6) is 0 Å². The smallest absolute Gasteiger partial charge is 0.309 e. The molecule has 3 rings (SSSR count). The van der Waals surface area contributed by atoms with Gasteiger partial charge in [-0.1, -0.05) is 6.42 Å². The van der Waals surface area contributed by atoms with Crippen molar-refractivity contribution in [3.63, 3.8) is 0 Å². The lowest BCUT2D eigenvalue weighted by molar-refractivity contribution is -0.173. The second kappa shape index (κ2) is 5.95. The molecule has 1 heterocycles. The maximum absolute atomic E-state index is 12.2. The first kappa shape index (κ1) is 16.0. The summed E-state index contributed by atoms with van der Waals surface area (Å²) in [5.74, 6) is 2.41. The second-order valence-corrected chi connectivity index (χ2v) is 6.90. The third-order valence-corrected chi connectivity index (χ3v) is 5.77. The molecular weight excluding hydrogens is 294 g/mol. The van der Waals surface area contributed by atoms with Crippen LogP contribution in [0.3, 0.4) is 0 Å². The van der Waals surface area contributed by atoms with Crippen molar-refractivity contribution in [3.05, 3.63) is 0 Å². The van der Waals surface area contributed by atoms with Crippen LogP contribution in [0.15, 0.2) is 10.2 Å². The maximum Gasteiger partial charge on any atom is 0.309 e. The van der Waals surface area contributed by atoms with E-state index >= 15 is 0 Å². The summed E-state index contributed by atoms with van der Waals surface area (Å²) in [7, 11) is 1.43. The average molecular weight is 317 g/mol. The lowest BCUT2D eigenvalue weighted by Crippen LogP contribution is -2.66. The fourth-order valence-corrected chi connectivity index (χ4v) is 3.99. The average Bonchev–Trinajstić information content (AvgIpc) is 3.25. The van der Waals surface area contributed by atoms with E-state index in [1.165, 1.54) is 7.11 Å². The predicted octanol–water partition coefficient (Wildman–Crippen LogP) is 2.19. The van der Waals surface area contributed by atoms with E-state index in [1.54, 1.807) is 0 Å². The van der Waals surface area contributed by atoms with Gasteiger partial charge in [-0.15, -0.1) is 12.3 Å². The van der Waals surface area contributed by atoms with E-state index in [0.29, 0.717) is 32.1 Å². The summed E-state index contributed by atoms with van der Waals surface area (Å²) in [4.78, 5) is 24.0. The van der Waals surface area contributed by atoms with Gasteiger partial charge in [-0.3, -0.25) is 9.59 Å². The van der Waals surface area contributed by atoms with E-state index in [9.17, 15) is 9.59 Å². The number of nitrogens with zero attached hydrogens (tertiary/aromatic N) is 2. The zero-order valence-electron chi connectivity index (χ0n) is 13.5. The SMILES string of the molecule is C#CCCC1(CCC(=O)N[C@H]2C[C@@H](C(=O)OC)C23CCC3)N=N1. The molecule has 2 fully saturated rings. The Morgan fingerprint density at radius 1 is 1.35 bits per heavy atom. The molecule has 1 spiro atoms. The number of ether oxygens (including phenoxy) is 1. The normalized spacial score (nSPS) is 28.2. The predicted molar refractivity (Wildman–Crippen MR) is 83.2 cm³/mol. The zero-order valence-corrected chi connectivity index (χ0v) is 13.5. The third kappa shape index (κ3) is 2.85. The highest BCUT2D eigenvalue weighted by atomic mass is 16.5. The summed E-state index contributed by atoms with van der Waals surface area (Å²) in [6.45, 7) is 0. The molecule has 1 amide bonds. The van der Waals surface area contributed by atoms with E-state index < -0.39 is 5.66 Å². The third-order valence-electron chi connectivity index (χ3n) is 5.77. The molecule has 0 aromatic heterocycles. The highest BCUT2D eigenvalue weighted by Gasteiger charge is 2.61. The van der Waals surface area contributed by atoms with Crippen molar-refractivity contribution in [2.45, 2.75) is 63.1 Å². The Balaban J connectivity index is 1.46. The molecule has 0 unspecified atom stereocenters. The molecule has 2 saturated carbocycles. The number of esters is 1. The molecule has 6 nitrogen and oxygen atoms in total. The van der Waals surface area contributed by atoms with Crippen LogP contribution in [0.1, 0.15) is 51.4 Å². The van der Waals surface area contributed by atoms with Crippen molar-refractivity contribution in [2.24, 2.45) is 21.6 Å². The number of hydrogen-bond donors (Lipinski definition) is 1. The number of hydrogen-bond acceptors (Lipinski definition) is 5. The summed E-state index contributed by atoms with van der Waals surface area (Å²) >= 11 is 0. The van der Waals surface area contributed by atoms with Gasteiger partial charge in [-0.05, 0) is 19.3 Å². The van der Waals surface area contributed by atoms with Crippen LogP contribution in [0.4, 0.5) is 0 Å². The molecule has 1 N–H and O–H groups in total. The summed E-state index contributed by atoms with van der Waals surface area (Å²) in [6, 6.07) is 0.0996. The number of rotatable bonds is 7. The van der Waals surface area contributed by atoms with E-state index in [4.69, 9.17) is 11.2 Å². The van der Waals surface area contributed by atoms with Gasteiger partial charge in [0.25, 0.3) is 0 Å². The Kier molecular flexibility index (Phi) is 4.13. The molecule has 0 bridgehead atoms. The molecule has 0 radical (unpaired) electrons. The molecule has 2 atom stereocenters. The Morgan fingerprint density at radius 3 is 2.61 bits per heavy atom. The van der Waals surface area contributed by atoms with Crippen molar-refractivity contribution in [1.82, 2.24) is 5.32 Å². The number of nitrogens with one attached hydrogen (secondary N) is 1. The highest BCUT2D eigenvalue weighted by Crippen LogP contribution is 2.60. The van der Waals surface area contributed by atoms with Crippen LogP contribution in [0, 0.1) is 23.7 Å². The molecule has 2 aliphatic carbocycles. The largest absolute Gasteiger partial charge is 0.469 e. The van der Waals surface area contributed by atoms with Gasteiger partial charge in [-0.25, -0.2) is 0 Å². The lowest BCUT2D eigenvalue weighted by atomic mass is 9.47. The van der Waals surface area contributed by atoms with E-state index in [0.717, 1.165) is 19.3 Å². The minimum Gasteiger partial charge on any atom is -0.469 e. The van der Waals surface area contributed by atoms with Crippen molar-refractivity contribution >= 4 is 11.9 Å². The van der Waals surface area contributed by atoms with Crippen molar-refractivity contribution in [3.8, 4) is 12.3 Å². The minimum atomic E-state index is -0.411. The van der Waals surface area contributed by atoms with Crippen LogP contribution in [0.2, 0.25) is 0 Å². The van der Waals surface area contributed by atoms with Crippen LogP contribution in [-0.4, -0.2) is 30.7 Å². The topological polar surface area (TPSA) is 80.1 Å². The second-order valence-electron chi connectivity index (χ2n) is 6.90. The summed E-state index contributed by atoms with van der Waals surface area (Å²) in [5.41, 5.74) is -0.468. The standard InChI is InChI=1S/C17H23N3O3/c1-3-4-9-17(19-20-17)10-6-14(21)18-13-11-12(15(22)23-2)16(13)7-5-8-16/h1,12-13H,4-11H2,2H3,(H,18,21)/t12-,13-/m0/s1. The van der Waals surface area contributed by atoms with Gasteiger partial charge in [0, 0.05) is 37.1 Å². The van der Waals surface area contributed by atoms with Crippen LogP contribution >= 0.6 is 0 Å². The molecule has 0 aromatic carbocycles. The van der Waals surface area contributed by atoms with E-state index in [2.05, 4.69) is 21.5 Å². The Morgan fingerprint density at radius 2 is 2.09 bits per heavy atom. The van der Waals surface area contributed by atoms with Crippen molar-refractivity contribution in [2.75, 3.05) is 7.11 Å². The van der Waals surface area contributed by atoms with Gasteiger partial charge in [0.15, 0.2) is 5.66 Å². The molecule has 0 saturated heterocycles. The molecule has 0 aromatic rings. The monoisotopic (exact) mass is 317 g/mol. The Labute approximate surface area is 136 Å². The summed E-state index contributed by atoms with van der Waals surface area (Å²) in [5, 5.41) is 11.2. The van der Waals surface area contributed by atoms with Gasteiger partial charge in [-0.2, -0.15) is 10.2 Å². The first-order valence-corrected chi connectivity index (χ1v) is 8.30. The molecular formula is C17H23N3O3. The highest BCUT2D eigenvalue weighted by molar-refractivity contribution is 5.79. The summed E-state index contributed by atoms with van der Waals surface area (Å²) in [6.07, 6.45) is 11.4. The Bertz CT molecular complexity index is 568. The van der Waals surface area contributed by atoms with Gasteiger partial charge in [0.05, 0.1) is 13.0 Å². The number of methoxy groups -OCH3 is 1. The number of carbonyl (C=O) groups excluding carboxylic acids is 2. The number of carbonyl (C=O) groups is 2. The molecule has 124 valence electrons. The zero-order chi connectivity index (χ0) is 16.5. The van der Waals surface area contributed by atoms with Crippen LogP contribution in [0.25, 0.3) is 0 Å². The number of amides is 1. The molecule has 23 heavy (non-hydrogen) atoms.